The van der Waals surface area contributed by atoms with Gasteiger partial charge >= 0.3 is 0 Å². The Balaban J connectivity index is 1.17. The van der Waals surface area contributed by atoms with Crippen molar-refractivity contribution in [1.29, 1.82) is 0 Å². The number of methoxy groups -OCH3 is 1. The van der Waals surface area contributed by atoms with E-state index in [9.17, 15) is 0 Å². The summed E-state index contributed by atoms with van der Waals surface area (Å²) in [5.41, 5.74) is 3.76. The molecule has 2 aliphatic carbocycles. The average Bonchev–Trinajstić information content (AvgIpc) is 3.51. The summed E-state index contributed by atoms with van der Waals surface area (Å²) in [5.74, 6) is 3.04. The van der Waals surface area contributed by atoms with E-state index in [1.165, 1.54) is 25.7 Å². The molecule has 2 bridgehead atoms. The fraction of sp³-hybridized carbons (Fsp3) is 0.519. The maximum absolute atomic E-state index is 6.19. The monoisotopic (exact) mass is 460 g/mol. The second-order valence-electron chi connectivity index (χ2n) is 9.94. The second-order valence-corrected chi connectivity index (χ2v) is 9.94. The van der Waals surface area contributed by atoms with Crippen LogP contribution in [0.3, 0.4) is 0 Å². The van der Waals surface area contributed by atoms with Crippen molar-refractivity contribution in [2.24, 2.45) is 11.8 Å². The molecule has 4 atom stereocenters. The molecule has 1 aliphatic heterocycles. The first kappa shape index (κ1) is 21.6. The molecule has 34 heavy (non-hydrogen) atoms. The van der Waals surface area contributed by atoms with Gasteiger partial charge in [-0.2, -0.15) is 5.10 Å². The highest BCUT2D eigenvalue weighted by atomic mass is 16.5. The van der Waals surface area contributed by atoms with Gasteiger partial charge in [0.1, 0.15) is 18.1 Å². The van der Waals surface area contributed by atoms with Crippen LogP contribution in [0.15, 0.2) is 43.0 Å². The molecule has 7 nitrogen and oxygen atoms in total. The van der Waals surface area contributed by atoms with Crippen LogP contribution in [0.1, 0.15) is 57.6 Å². The third-order valence-corrected chi connectivity index (χ3v) is 7.62. The Morgan fingerprint density at radius 2 is 1.82 bits per heavy atom. The SMILES string of the molecule is COc1cc(-c2cnn(C3CCCCO3)c2)ccc1-c1cnc(OC2C[C@H]3CC[C@@H](C2)C3)cn1. The molecular weight excluding hydrogens is 428 g/mol. The van der Waals surface area contributed by atoms with Gasteiger partial charge in [0, 0.05) is 23.9 Å². The van der Waals surface area contributed by atoms with E-state index in [1.807, 2.05) is 29.2 Å². The number of nitrogens with zero attached hydrogens (tertiary/aromatic N) is 4. The minimum absolute atomic E-state index is 0.0310. The van der Waals surface area contributed by atoms with E-state index in [0.717, 1.165) is 72.3 Å². The molecule has 6 rings (SSSR count). The lowest BCUT2D eigenvalue weighted by atomic mass is 9.87. The van der Waals surface area contributed by atoms with Gasteiger partial charge in [-0.15, -0.1) is 0 Å². The Morgan fingerprint density at radius 3 is 2.56 bits per heavy atom. The van der Waals surface area contributed by atoms with Crippen molar-refractivity contribution in [2.75, 3.05) is 13.7 Å². The van der Waals surface area contributed by atoms with E-state index >= 15 is 0 Å². The smallest absolute Gasteiger partial charge is 0.232 e. The lowest BCUT2D eigenvalue weighted by Crippen LogP contribution is -2.26. The van der Waals surface area contributed by atoms with Crippen LogP contribution in [0.25, 0.3) is 22.4 Å². The average molecular weight is 461 g/mol. The van der Waals surface area contributed by atoms with Gasteiger partial charge in [-0.05, 0) is 68.1 Å². The molecule has 2 saturated carbocycles. The van der Waals surface area contributed by atoms with Crippen LogP contribution in [0, 0.1) is 11.8 Å². The van der Waals surface area contributed by atoms with Crippen molar-refractivity contribution < 1.29 is 14.2 Å². The summed E-state index contributed by atoms with van der Waals surface area (Å²) < 4.78 is 19.7. The highest BCUT2D eigenvalue weighted by Crippen LogP contribution is 2.43. The van der Waals surface area contributed by atoms with Crippen molar-refractivity contribution in [3.05, 3.63) is 43.0 Å². The molecule has 0 amide bonds. The molecule has 3 fully saturated rings. The molecule has 3 heterocycles. The Labute approximate surface area is 200 Å². The third-order valence-electron chi connectivity index (χ3n) is 7.62. The van der Waals surface area contributed by atoms with Crippen LogP contribution in [-0.2, 0) is 4.74 Å². The molecule has 7 heteroatoms. The van der Waals surface area contributed by atoms with Crippen molar-refractivity contribution in [3.63, 3.8) is 0 Å². The van der Waals surface area contributed by atoms with E-state index in [-0.39, 0.29) is 12.3 Å². The van der Waals surface area contributed by atoms with Gasteiger partial charge in [0.2, 0.25) is 5.88 Å². The number of rotatable bonds is 6. The molecule has 0 N–H and O–H groups in total. The number of aromatic nitrogens is 4. The molecule has 2 unspecified atom stereocenters. The summed E-state index contributed by atoms with van der Waals surface area (Å²) in [7, 11) is 1.68. The summed E-state index contributed by atoms with van der Waals surface area (Å²) in [6.07, 6.45) is 17.5. The first-order chi connectivity index (χ1) is 16.7. The Kier molecular flexibility index (Phi) is 5.95. The van der Waals surface area contributed by atoms with Gasteiger partial charge in [0.15, 0.2) is 0 Å². The quantitative estimate of drug-likeness (QED) is 0.472. The van der Waals surface area contributed by atoms with E-state index in [2.05, 4.69) is 21.1 Å². The van der Waals surface area contributed by atoms with Crippen LogP contribution >= 0.6 is 0 Å². The Hall–Kier alpha value is -2.93. The Bertz CT molecular complexity index is 1110. The predicted octanol–water partition coefficient (Wildman–Crippen LogP) is 5.67. The number of ether oxygens (including phenoxy) is 3. The molecule has 3 aromatic rings. The zero-order chi connectivity index (χ0) is 22.9. The first-order valence-electron chi connectivity index (χ1n) is 12.6. The van der Waals surface area contributed by atoms with Gasteiger partial charge in [0.05, 0.1) is 31.4 Å². The van der Waals surface area contributed by atoms with Crippen LogP contribution in [0.4, 0.5) is 0 Å². The van der Waals surface area contributed by atoms with Gasteiger partial charge in [-0.25, -0.2) is 14.6 Å². The third kappa shape index (κ3) is 4.41. The van der Waals surface area contributed by atoms with E-state index < -0.39 is 0 Å². The summed E-state index contributed by atoms with van der Waals surface area (Å²) in [6, 6.07) is 6.14. The number of benzene rings is 1. The summed E-state index contributed by atoms with van der Waals surface area (Å²) >= 11 is 0. The van der Waals surface area contributed by atoms with Crippen molar-refractivity contribution >= 4 is 0 Å². The molecular formula is C27H32N4O3. The van der Waals surface area contributed by atoms with E-state index in [1.54, 1.807) is 19.5 Å². The van der Waals surface area contributed by atoms with Gasteiger partial charge in [-0.3, -0.25) is 0 Å². The largest absolute Gasteiger partial charge is 0.496 e. The van der Waals surface area contributed by atoms with Crippen LogP contribution in [-0.4, -0.2) is 39.6 Å². The maximum atomic E-state index is 6.19. The lowest BCUT2D eigenvalue weighted by molar-refractivity contribution is -0.0394. The minimum atomic E-state index is 0.0310. The van der Waals surface area contributed by atoms with Crippen molar-refractivity contribution in [3.8, 4) is 34.0 Å². The number of fused-ring (bicyclic) bond motifs is 2. The van der Waals surface area contributed by atoms with Crippen molar-refractivity contribution in [2.45, 2.75) is 63.7 Å². The summed E-state index contributed by atoms with van der Waals surface area (Å²) in [5, 5.41) is 4.54. The highest BCUT2D eigenvalue weighted by molar-refractivity contribution is 5.74. The van der Waals surface area contributed by atoms with E-state index in [4.69, 9.17) is 14.2 Å². The molecule has 1 saturated heterocycles. The second kappa shape index (κ2) is 9.37. The van der Waals surface area contributed by atoms with Crippen LogP contribution < -0.4 is 9.47 Å². The molecule has 3 aliphatic rings. The standard InChI is InChI=1S/C27H32N4O3/c1-32-25-13-20(21-14-30-31(17-21)27-4-2-3-9-33-27)7-8-23(25)24-15-29-26(16-28-24)34-22-11-18-5-6-19(10-18)12-22/h7-8,13-19,22,27H,2-6,9-12H2,1H3/t18-,19+,22?,27?. The number of hydrogen-bond donors (Lipinski definition) is 0. The maximum Gasteiger partial charge on any atom is 0.232 e. The highest BCUT2D eigenvalue weighted by Gasteiger charge is 2.35. The normalized spacial score (nSPS) is 26.4. The van der Waals surface area contributed by atoms with Crippen LogP contribution in [0.5, 0.6) is 11.6 Å². The van der Waals surface area contributed by atoms with Gasteiger partial charge in [-0.1, -0.05) is 18.9 Å². The minimum Gasteiger partial charge on any atom is -0.496 e. The zero-order valence-corrected chi connectivity index (χ0v) is 19.7. The number of hydrogen-bond acceptors (Lipinski definition) is 6. The lowest BCUT2D eigenvalue weighted by Gasteiger charge is -2.27. The van der Waals surface area contributed by atoms with Crippen molar-refractivity contribution in [1.82, 2.24) is 19.7 Å². The first-order valence-corrected chi connectivity index (χ1v) is 12.6. The van der Waals surface area contributed by atoms with E-state index in [0.29, 0.717) is 5.88 Å². The van der Waals surface area contributed by atoms with Crippen LogP contribution in [0.2, 0.25) is 0 Å². The zero-order valence-electron chi connectivity index (χ0n) is 19.7. The molecule has 1 aromatic carbocycles. The molecule has 178 valence electrons. The predicted molar refractivity (Wildman–Crippen MR) is 129 cm³/mol. The van der Waals surface area contributed by atoms with Gasteiger partial charge < -0.3 is 14.2 Å². The molecule has 0 spiro atoms. The molecule has 2 aromatic heterocycles. The fourth-order valence-corrected chi connectivity index (χ4v) is 5.89. The topological polar surface area (TPSA) is 71.3 Å². The fourth-order valence-electron chi connectivity index (χ4n) is 5.89. The van der Waals surface area contributed by atoms with Gasteiger partial charge in [0.25, 0.3) is 0 Å². The Morgan fingerprint density at radius 1 is 0.941 bits per heavy atom. The summed E-state index contributed by atoms with van der Waals surface area (Å²) in [6.45, 7) is 0.801. The molecule has 0 radical (unpaired) electrons. The summed E-state index contributed by atoms with van der Waals surface area (Å²) in [4.78, 5) is 9.21.